The second-order valence-electron chi connectivity index (χ2n) is 4.17. The van der Waals surface area contributed by atoms with Crippen molar-refractivity contribution in [2.45, 2.75) is 5.60 Å². The number of halogens is 1. The van der Waals surface area contributed by atoms with Gasteiger partial charge in [-0.3, -0.25) is 9.48 Å². The highest BCUT2D eigenvalue weighted by atomic mass is 79.9. The Hall–Kier alpha value is -1.66. The fraction of sp³-hybridized carbons (Fsp3) is 0.167. The van der Waals surface area contributed by atoms with Crippen molar-refractivity contribution in [1.82, 2.24) is 9.78 Å². The van der Waals surface area contributed by atoms with E-state index in [1.54, 1.807) is 31.4 Å². The standard InChI is InChI=1S/C12H10BrN3O2/c1-16-10(8(13)6-14-16)12(18)7-4-2-3-5-9(7)15-11(12)17/h2-6,18H,1H3,(H,15,17). The minimum atomic E-state index is -1.71. The van der Waals surface area contributed by atoms with Crippen molar-refractivity contribution in [3.63, 3.8) is 0 Å². The Morgan fingerprint density at radius 2 is 2.17 bits per heavy atom. The van der Waals surface area contributed by atoms with Crippen LogP contribution in [0.5, 0.6) is 0 Å². The first-order valence-electron chi connectivity index (χ1n) is 5.36. The molecule has 5 nitrogen and oxygen atoms in total. The number of aryl methyl sites for hydroxylation is 1. The number of hydrogen-bond acceptors (Lipinski definition) is 3. The summed E-state index contributed by atoms with van der Waals surface area (Å²) in [6, 6.07) is 7.08. The van der Waals surface area contributed by atoms with Crippen LogP contribution in [0, 0.1) is 0 Å². The van der Waals surface area contributed by atoms with Crippen molar-refractivity contribution in [2.24, 2.45) is 7.05 Å². The lowest BCUT2D eigenvalue weighted by atomic mass is 9.92. The lowest BCUT2D eigenvalue weighted by Gasteiger charge is -2.21. The maximum atomic E-state index is 12.1. The predicted octanol–water partition coefficient (Wildman–Crippen LogP) is 1.37. The van der Waals surface area contributed by atoms with Crippen molar-refractivity contribution in [2.75, 3.05) is 5.32 Å². The van der Waals surface area contributed by atoms with Gasteiger partial charge in [0.05, 0.1) is 16.4 Å². The molecule has 0 radical (unpaired) electrons. The summed E-state index contributed by atoms with van der Waals surface area (Å²) in [5.74, 6) is -0.465. The van der Waals surface area contributed by atoms with Gasteiger partial charge in [0.25, 0.3) is 5.91 Å². The highest BCUT2D eigenvalue weighted by Crippen LogP contribution is 2.42. The number of amides is 1. The number of fused-ring (bicyclic) bond motifs is 1. The molecule has 1 aliphatic rings. The largest absolute Gasteiger partial charge is 0.370 e. The van der Waals surface area contributed by atoms with Gasteiger partial charge in [-0.05, 0) is 22.0 Å². The number of aliphatic hydroxyl groups is 1. The normalized spacial score (nSPS) is 21.8. The summed E-state index contributed by atoms with van der Waals surface area (Å²) < 4.78 is 2.09. The highest BCUT2D eigenvalue weighted by molar-refractivity contribution is 9.10. The van der Waals surface area contributed by atoms with Gasteiger partial charge in [-0.15, -0.1) is 0 Å². The molecule has 2 N–H and O–H groups in total. The number of carbonyl (C=O) groups is 1. The summed E-state index contributed by atoms with van der Waals surface area (Å²) in [4.78, 5) is 12.1. The van der Waals surface area contributed by atoms with Crippen molar-refractivity contribution in [1.29, 1.82) is 0 Å². The van der Waals surface area contributed by atoms with E-state index < -0.39 is 11.5 Å². The van der Waals surface area contributed by atoms with Crippen LogP contribution in [0.1, 0.15) is 11.3 Å². The minimum absolute atomic E-state index is 0.421. The maximum absolute atomic E-state index is 12.1. The molecule has 92 valence electrons. The maximum Gasteiger partial charge on any atom is 0.267 e. The molecule has 0 fully saturated rings. The highest BCUT2D eigenvalue weighted by Gasteiger charge is 2.49. The molecule has 0 bridgehead atoms. The molecule has 3 rings (SSSR count). The number of nitrogens with one attached hydrogen (secondary N) is 1. The lowest BCUT2D eigenvalue weighted by molar-refractivity contribution is -0.130. The molecule has 1 aromatic carbocycles. The Morgan fingerprint density at radius 1 is 1.44 bits per heavy atom. The lowest BCUT2D eigenvalue weighted by Crippen LogP contribution is -2.37. The van der Waals surface area contributed by atoms with Crippen LogP contribution in [0.15, 0.2) is 34.9 Å². The third kappa shape index (κ3) is 1.30. The second-order valence-corrected chi connectivity index (χ2v) is 5.03. The molecule has 1 aromatic heterocycles. The Morgan fingerprint density at radius 3 is 2.83 bits per heavy atom. The monoisotopic (exact) mass is 307 g/mol. The van der Waals surface area contributed by atoms with Gasteiger partial charge in [0.1, 0.15) is 0 Å². The Balaban J connectivity index is 2.30. The first kappa shape index (κ1) is 11.4. The number of nitrogens with zero attached hydrogens (tertiary/aromatic N) is 2. The zero-order valence-corrected chi connectivity index (χ0v) is 11.1. The molecule has 1 aliphatic heterocycles. The van der Waals surface area contributed by atoms with E-state index >= 15 is 0 Å². The first-order valence-corrected chi connectivity index (χ1v) is 6.15. The van der Waals surface area contributed by atoms with E-state index in [0.717, 1.165) is 0 Å². The van der Waals surface area contributed by atoms with Crippen LogP contribution >= 0.6 is 15.9 Å². The topological polar surface area (TPSA) is 67.1 Å². The van der Waals surface area contributed by atoms with Crippen molar-refractivity contribution >= 4 is 27.5 Å². The fourth-order valence-corrected chi connectivity index (χ4v) is 2.93. The molecule has 6 heteroatoms. The first-order chi connectivity index (χ1) is 8.55. The van der Waals surface area contributed by atoms with Crippen molar-refractivity contribution < 1.29 is 9.90 Å². The van der Waals surface area contributed by atoms with Gasteiger partial charge in [0.2, 0.25) is 5.60 Å². The number of rotatable bonds is 1. The van der Waals surface area contributed by atoms with Gasteiger partial charge < -0.3 is 10.4 Å². The summed E-state index contributed by atoms with van der Waals surface area (Å²) in [6.45, 7) is 0. The van der Waals surface area contributed by atoms with Crippen LogP contribution in [0.2, 0.25) is 0 Å². The SMILES string of the molecule is Cn1ncc(Br)c1C1(O)C(=O)Nc2ccccc21. The smallest absolute Gasteiger partial charge is 0.267 e. The quantitative estimate of drug-likeness (QED) is 0.836. The van der Waals surface area contributed by atoms with Crippen molar-refractivity contribution in [3.05, 3.63) is 46.2 Å². The summed E-state index contributed by atoms with van der Waals surface area (Å²) >= 11 is 3.32. The molecule has 1 unspecified atom stereocenters. The molecule has 18 heavy (non-hydrogen) atoms. The van der Waals surface area contributed by atoms with Crippen LogP contribution in [-0.2, 0) is 17.4 Å². The van der Waals surface area contributed by atoms with E-state index in [9.17, 15) is 9.90 Å². The Bertz CT molecular complexity index is 633. The zero-order chi connectivity index (χ0) is 12.9. The fourth-order valence-electron chi connectivity index (χ4n) is 2.30. The van der Waals surface area contributed by atoms with Crippen molar-refractivity contribution in [3.8, 4) is 0 Å². The number of hydrogen-bond donors (Lipinski definition) is 2. The van der Waals surface area contributed by atoms with E-state index in [4.69, 9.17) is 0 Å². The Labute approximate surface area is 112 Å². The van der Waals surface area contributed by atoms with Crippen LogP contribution in [0.25, 0.3) is 0 Å². The summed E-state index contributed by atoms with van der Waals surface area (Å²) in [6.07, 6.45) is 1.56. The van der Waals surface area contributed by atoms with Gasteiger partial charge >= 0.3 is 0 Å². The van der Waals surface area contributed by atoms with E-state index in [0.29, 0.717) is 21.4 Å². The molecular weight excluding hydrogens is 298 g/mol. The summed E-state index contributed by atoms with van der Waals surface area (Å²) in [5, 5.41) is 17.6. The van der Waals surface area contributed by atoms with Crippen LogP contribution < -0.4 is 5.32 Å². The van der Waals surface area contributed by atoms with E-state index in [1.165, 1.54) is 4.68 Å². The molecule has 2 heterocycles. The number of benzene rings is 1. The minimum Gasteiger partial charge on any atom is -0.370 e. The third-order valence-corrected chi connectivity index (χ3v) is 3.71. The average Bonchev–Trinajstić information content (AvgIpc) is 2.80. The predicted molar refractivity (Wildman–Crippen MR) is 69.0 cm³/mol. The Kier molecular flexibility index (Phi) is 2.33. The molecule has 2 aromatic rings. The van der Waals surface area contributed by atoms with Gasteiger partial charge in [0.15, 0.2) is 0 Å². The summed E-state index contributed by atoms with van der Waals surface area (Å²) in [7, 11) is 1.69. The van der Waals surface area contributed by atoms with Crippen LogP contribution in [0.3, 0.4) is 0 Å². The average molecular weight is 308 g/mol. The third-order valence-electron chi connectivity index (χ3n) is 3.13. The van der Waals surface area contributed by atoms with E-state index in [1.807, 2.05) is 6.07 Å². The number of aromatic nitrogens is 2. The summed E-state index contributed by atoms with van der Waals surface area (Å²) in [5.41, 5.74) is -0.122. The molecule has 0 saturated carbocycles. The second kappa shape index (κ2) is 3.66. The van der Waals surface area contributed by atoms with E-state index in [-0.39, 0.29) is 0 Å². The molecular formula is C12H10BrN3O2. The van der Waals surface area contributed by atoms with Crippen LogP contribution in [-0.4, -0.2) is 20.8 Å². The van der Waals surface area contributed by atoms with Gasteiger partial charge in [-0.25, -0.2) is 0 Å². The van der Waals surface area contributed by atoms with Crippen LogP contribution in [0.4, 0.5) is 5.69 Å². The van der Waals surface area contributed by atoms with Gasteiger partial charge in [-0.2, -0.15) is 5.10 Å². The number of para-hydroxylation sites is 1. The molecule has 1 amide bonds. The van der Waals surface area contributed by atoms with Gasteiger partial charge in [-0.1, -0.05) is 18.2 Å². The number of carbonyl (C=O) groups excluding carboxylic acids is 1. The molecule has 0 spiro atoms. The molecule has 0 aliphatic carbocycles. The van der Waals surface area contributed by atoms with E-state index in [2.05, 4.69) is 26.3 Å². The molecule has 1 atom stereocenters. The number of anilines is 1. The molecule has 0 saturated heterocycles. The zero-order valence-electron chi connectivity index (χ0n) is 9.51. The van der Waals surface area contributed by atoms with Gasteiger partial charge in [0, 0.05) is 18.3 Å².